The first-order valence-corrected chi connectivity index (χ1v) is 10.5. The summed E-state index contributed by atoms with van der Waals surface area (Å²) in [5.74, 6) is 0.916. The molecule has 0 bridgehead atoms. The van der Waals surface area contributed by atoms with E-state index in [0.29, 0.717) is 34.8 Å². The largest absolute Gasteiger partial charge is 0.354 e. The van der Waals surface area contributed by atoms with Gasteiger partial charge in [-0.05, 0) is 36.1 Å². The predicted octanol–water partition coefficient (Wildman–Crippen LogP) is 2.11. The molecule has 0 radical (unpaired) electrons. The summed E-state index contributed by atoms with van der Waals surface area (Å²) in [5, 5.41) is 22.0. The molecule has 0 saturated heterocycles. The minimum absolute atomic E-state index is 0.0431. The summed E-state index contributed by atoms with van der Waals surface area (Å²) in [5.41, 5.74) is 3.41. The molecule has 1 aliphatic carbocycles. The van der Waals surface area contributed by atoms with Crippen molar-refractivity contribution in [3.8, 4) is 11.4 Å². The Kier molecular flexibility index (Phi) is 4.72. The zero-order valence-electron chi connectivity index (χ0n) is 18.0. The third-order valence-electron chi connectivity index (χ3n) is 5.56. The molecule has 1 amide bonds. The van der Waals surface area contributed by atoms with Gasteiger partial charge in [-0.1, -0.05) is 19.1 Å². The Hall–Kier alpha value is -4.02. The summed E-state index contributed by atoms with van der Waals surface area (Å²) in [7, 11) is 3.35. The van der Waals surface area contributed by atoms with Gasteiger partial charge in [0, 0.05) is 30.3 Å². The van der Waals surface area contributed by atoms with Crippen molar-refractivity contribution in [2.45, 2.75) is 26.2 Å². The number of nitrogens with one attached hydrogen (secondary N) is 3. The van der Waals surface area contributed by atoms with Crippen LogP contribution < -0.4 is 16.2 Å². The summed E-state index contributed by atoms with van der Waals surface area (Å²) in [6, 6.07) is 7.48. The van der Waals surface area contributed by atoms with Crippen LogP contribution in [0.5, 0.6) is 0 Å². The summed E-state index contributed by atoms with van der Waals surface area (Å²) in [4.78, 5) is 30.9. The molecule has 32 heavy (non-hydrogen) atoms. The lowest BCUT2D eigenvalue weighted by Crippen LogP contribution is -2.15. The van der Waals surface area contributed by atoms with Crippen molar-refractivity contribution in [2.24, 2.45) is 20.0 Å². The number of rotatable bonds is 6. The average Bonchev–Trinajstić information content (AvgIpc) is 3.47. The Morgan fingerprint density at radius 2 is 2.06 bits per heavy atom. The van der Waals surface area contributed by atoms with E-state index in [4.69, 9.17) is 0 Å². The topological polar surface area (TPSA) is 135 Å². The fourth-order valence-corrected chi connectivity index (χ4v) is 3.79. The second kappa shape index (κ2) is 7.59. The van der Waals surface area contributed by atoms with Crippen LogP contribution in [0.25, 0.3) is 22.4 Å². The number of H-pyrrole nitrogens is 1. The third kappa shape index (κ3) is 3.51. The van der Waals surface area contributed by atoms with Crippen LogP contribution in [0.4, 0.5) is 17.2 Å². The quantitative estimate of drug-likeness (QED) is 0.424. The molecule has 0 atom stereocenters. The number of amides is 1. The smallest absolute Gasteiger partial charge is 0.277 e. The maximum Gasteiger partial charge on any atom is 0.277 e. The van der Waals surface area contributed by atoms with Crippen LogP contribution in [0.15, 0.2) is 29.1 Å². The first-order valence-electron chi connectivity index (χ1n) is 10.5. The number of aryl methyl sites for hydroxylation is 2. The van der Waals surface area contributed by atoms with Gasteiger partial charge in [-0.2, -0.15) is 4.80 Å². The van der Waals surface area contributed by atoms with E-state index < -0.39 is 0 Å². The van der Waals surface area contributed by atoms with Crippen LogP contribution >= 0.6 is 0 Å². The monoisotopic (exact) mass is 433 g/mol. The number of aromatic nitrogens is 7. The minimum Gasteiger partial charge on any atom is -0.354 e. The number of nitrogens with zero attached hydrogens (tertiary/aromatic N) is 6. The lowest BCUT2D eigenvalue weighted by atomic mass is 10.0. The van der Waals surface area contributed by atoms with Gasteiger partial charge in [0.05, 0.1) is 12.7 Å². The SMILES string of the molecule is CCc1c(Nc2cc(NC(=O)C3CC3)nc3[nH]n(C)c(=O)c23)cccc1-c1nnn(C)n1. The predicted molar refractivity (Wildman–Crippen MR) is 120 cm³/mol. The molecule has 4 aromatic rings. The van der Waals surface area contributed by atoms with E-state index in [9.17, 15) is 9.59 Å². The molecule has 164 valence electrons. The van der Waals surface area contributed by atoms with Crippen molar-refractivity contribution in [3.63, 3.8) is 0 Å². The molecule has 3 heterocycles. The number of fused-ring (bicyclic) bond motifs is 1. The number of hydrogen-bond acceptors (Lipinski definition) is 7. The minimum atomic E-state index is -0.208. The van der Waals surface area contributed by atoms with Crippen LogP contribution in [0.2, 0.25) is 0 Å². The zero-order chi connectivity index (χ0) is 22.4. The lowest BCUT2D eigenvalue weighted by molar-refractivity contribution is -0.117. The number of benzene rings is 1. The van der Waals surface area contributed by atoms with Crippen molar-refractivity contribution in [1.82, 2.24) is 35.0 Å². The van der Waals surface area contributed by atoms with Gasteiger partial charge in [-0.3, -0.25) is 19.4 Å². The molecule has 0 unspecified atom stereocenters. The summed E-state index contributed by atoms with van der Waals surface area (Å²) in [6.45, 7) is 2.04. The first kappa shape index (κ1) is 19.9. The average molecular weight is 433 g/mol. The van der Waals surface area contributed by atoms with Crippen LogP contribution in [0.1, 0.15) is 25.3 Å². The van der Waals surface area contributed by atoms with Gasteiger partial charge in [0.25, 0.3) is 5.56 Å². The highest BCUT2D eigenvalue weighted by molar-refractivity contribution is 5.98. The molecule has 11 heteroatoms. The van der Waals surface area contributed by atoms with Gasteiger partial charge in [0.15, 0.2) is 5.65 Å². The standard InChI is InChI=1S/C21H23N9O2/c1-4-12-13(18-25-28-30(3)27-18)6-5-7-14(12)22-15-10-16(24-20(31)11-8-9-11)23-19-17(15)21(32)29(2)26-19/h5-7,10-11H,4,8-9H2,1-3H3,(H3,22,23,24,26,31). The zero-order valence-corrected chi connectivity index (χ0v) is 18.0. The van der Waals surface area contributed by atoms with Crippen molar-refractivity contribution in [2.75, 3.05) is 10.6 Å². The van der Waals surface area contributed by atoms with E-state index in [1.54, 1.807) is 20.2 Å². The molecule has 3 aromatic heterocycles. The Labute approximate surface area is 182 Å². The van der Waals surface area contributed by atoms with E-state index in [1.165, 1.54) is 9.48 Å². The fourth-order valence-electron chi connectivity index (χ4n) is 3.79. The molecule has 5 rings (SSSR count). The Balaban J connectivity index is 1.60. The number of tetrazole rings is 1. The van der Waals surface area contributed by atoms with E-state index in [-0.39, 0.29) is 17.4 Å². The van der Waals surface area contributed by atoms with Gasteiger partial charge in [-0.25, -0.2) is 4.98 Å². The van der Waals surface area contributed by atoms with E-state index in [0.717, 1.165) is 29.7 Å². The van der Waals surface area contributed by atoms with Crippen LogP contribution in [-0.4, -0.2) is 40.9 Å². The van der Waals surface area contributed by atoms with Crippen molar-refractivity contribution < 1.29 is 4.79 Å². The van der Waals surface area contributed by atoms with Crippen molar-refractivity contribution in [1.29, 1.82) is 0 Å². The molecule has 3 N–H and O–H groups in total. The van der Waals surface area contributed by atoms with Gasteiger partial charge in [-0.15, -0.1) is 10.2 Å². The lowest BCUT2D eigenvalue weighted by Gasteiger charge is -2.15. The second-order valence-electron chi connectivity index (χ2n) is 7.93. The molecule has 0 aliphatic heterocycles. The highest BCUT2D eigenvalue weighted by Gasteiger charge is 2.30. The molecular weight excluding hydrogens is 410 g/mol. The van der Waals surface area contributed by atoms with Crippen molar-refractivity contribution in [3.05, 3.63) is 40.2 Å². The van der Waals surface area contributed by atoms with Gasteiger partial charge in [0.2, 0.25) is 11.7 Å². The summed E-state index contributed by atoms with van der Waals surface area (Å²) in [6.07, 6.45) is 2.50. The Morgan fingerprint density at radius 1 is 1.25 bits per heavy atom. The highest BCUT2D eigenvalue weighted by Crippen LogP contribution is 2.33. The molecule has 1 aliphatic rings. The second-order valence-corrected chi connectivity index (χ2v) is 7.93. The first-order chi connectivity index (χ1) is 15.4. The normalized spacial score (nSPS) is 13.5. The number of carbonyl (C=O) groups excluding carboxylic acids is 1. The van der Waals surface area contributed by atoms with E-state index in [2.05, 4.69) is 36.1 Å². The van der Waals surface area contributed by atoms with Crippen LogP contribution in [-0.2, 0) is 25.3 Å². The fraction of sp³-hybridized carbons (Fsp3) is 0.333. The third-order valence-corrected chi connectivity index (χ3v) is 5.56. The maximum absolute atomic E-state index is 12.8. The number of carbonyl (C=O) groups is 1. The summed E-state index contributed by atoms with van der Waals surface area (Å²) >= 11 is 0. The molecule has 11 nitrogen and oxygen atoms in total. The Morgan fingerprint density at radius 3 is 2.75 bits per heavy atom. The van der Waals surface area contributed by atoms with Gasteiger partial charge >= 0.3 is 0 Å². The molecule has 1 fully saturated rings. The Bertz CT molecular complexity index is 1390. The van der Waals surface area contributed by atoms with E-state index >= 15 is 0 Å². The van der Waals surface area contributed by atoms with Crippen molar-refractivity contribution >= 4 is 34.1 Å². The number of pyridine rings is 1. The van der Waals surface area contributed by atoms with Crippen LogP contribution in [0.3, 0.4) is 0 Å². The van der Waals surface area contributed by atoms with E-state index in [1.807, 2.05) is 25.1 Å². The molecule has 0 spiro atoms. The number of hydrogen-bond donors (Lipinski definition) is 3. The van der Waals surface area contributed by atoms with Crippen LogP contribution in [0, 0.1) is 5.92 Å². The molecule has 1 saturated carbocycles. The highest BCUT2D eigenvalue weighted by atomic mass is 16.2. The summed E-state index contributed by atoms with van der Waals surface area (Å²) < 4.78 is 1.37. The van der Waals surface area contributed by atoms with Gasteiger partial charge < -0.3 is 10.6 Å². The number of anilines is 3. The number of aromatic amines is 1. The van der Waals surface area contributed by atoms with Gasteiger partial charge in [0.1, 0.15) is 11.2 Å². The maximum atomic E-state index is 12.8. The molecular formula is C21H23N9O2. The molecule has 1 aromatic carbocycles.